The lowest BCUT2D eigenvalue weighted by molar-refractivity contribution is 0.220. The van der Waals surface area contributed by atoms with Gasteiger partial charge in [-0.1, -0.05) is 6.07 Å². The first-order valence-electron chi connectivity index (χ1n) is 8.49. The Hall–Kier alpha value is -2.56. The van der Waals surface area contributed by atoms with E-state index in [0.717, 1.165) is 24.5 Å². The minimum absolute atomic E-state index is 0.133. The third-order valence-corrected chi connectivity index (χ3v) is 4.31. The Balaban J connectivity index is 1.55. The van der Waals surface area contributed by atoms with Crippen LogP contribution in [0.1, 0.15) is 25.0 Å². The van der Waals surface area contributed by atoms with Crippen LogP contribution in [0.2, 0.25) is 0 Å². The number of nitrogens with one attached hydrogen (secondary N) is 1. The van der Waals surface area contributed by atoms with Crippen molar-refractivity contribution < 1.29 is 4.79 Å². The lowest BCUT2D eigenvalue weighted by atomic mass is 10.1. The average Bonchev–Trinajstić information content (AvgIpc) is 2.64. The molecule has 0 atom stereocenters. The maximum absolute atomic E-state index is 12.3. The van der Waals surface area contributed by atoms with E-state index < -0.39 is 0 Å². The number of hydrogen-bond donors (Lipinski definition) is 1. The molecule has 0 radical (unpaired) electrons. The topological polar surface area (TPSA) is 48.5 Å². The Labute approximate surface area is 143 Å². The number of aromatic nitrogens is 1. The Morgan fingerprint density at radius 1 is 1.12 bits per heavy atom. The molecule has 24 heavy (non-hydrogen) atoms. The van der Waals surface area contributed by atoms with Gasteiger partial charge in [0.2, 0.25) is 0 Å². The van der Waals surface area contributed by atoms with E-state index >= 15 is 0 Å². The van der Waals surface area contributed by atoms with Crippen LogP contribution in [-0.2, 0) is 6.54 Å². The molecule has 2 heterocycles. The lowest BCUT2D eigenvalue weighted by Gasteiger charge is -2.29. The second kappa shape index (κ2) is 7.81. The van der Waals surface area contributed by atoms with Crippen LogP contribution in [0, 0.1) is 0 Å². The molecule has 3 rings (SSSR count). The summed E-state index contributed by atoms with van der Waals surface area (Å²) in [4.78, 5) is 20.6. The van der Waals surface area contributed by atoms with Crippen molar-refractivity contribution >= 4 is 17.4 Å². The van der Waals surface area contributed by atoms with Gasteiger partial charge in [-0.05, 0) is 55.7 Å². The van der Waals surface area contributed by atoms with Crippen molar-refractivity contribution in [2.75, 3.05) is 30.4 Å². The van der Waals surface area contributed by atoms with E-state index in [4.69, 9.17) is 0 Å². The number of rotatable bonds is 4. The van der Waals surface area contributed by atoms with Crippen molar-refractivity contribution in [2.45, 2.75) is 25.8 Å². The summed E-state index contributed by atoms with van der Waals surface area (Å²) in [5.41, 5.74) is 2.92. The Kier molecular flexibility index (Phi) is 5.31. The predicted molar refractivity (Wildman–Crippen MR) is 97.2 cm³/mol. The number of anilines is 2. The predicted octanol–water partition coefficient (Wildman–Crippen LogP) is 3.74. The van der Waals surface area contributed by atoms with Gasteiger partial charge in [0.1, 0.15) is 0 Å². The number of carbonyl (C=O) groups is 1. The van der Waals surface area contributed by atoms with Gasteiger partial charge >= 0.3 is 6.03 Å². The number of urea groups is 1. The molecule has 0 aliphatic carbocycles. The van der Waals surface area contributed by atoms with Crippen LogP contribution in [-0.4, -0.2) is 36.1 Å². The molecule has 1 N–H and O–H groups in total. The highest BCUT2D eigenvalue weighted by Gasteiger charge is 2.12. The van der Waals surface area contributed by atoms with Gasteiger partial charge < -0.3 is 15.1 Å². The van der Waals surface area contributed by atoms with Crippen LogP contribution in [0.25, 0.3) is 0 Å². The molecule has 1 aliphatic rings. The number of pyridine rings is 1. The SMILES string of the molecule is CN(Cc1ccccn1)C(=O)Nc1ccc(N2CCCCC2)cc1. The van der Waals surface area contributed by atoms with Crippen LogP contribution < -0.4 is 10.2 Å². The van der Waals surface area contributed by atoms with Gasteiger partial charge in [-0.3, -0.25) is 4.98 Å². The zero-order valence-corrected chi connectivity index (χ0v) is 14.1. The van der Waals surface area contributed by atoms with Gasteiger partial charge in [-0.2, -0.15) is 0 Å². The molecule has 2 amide bonds. The molecular weight excluding hydrogens is 300 g/mol. The molecule has 5 nitrogen and oxygen atoms in total. The van der Waals surface area contributed by atoms with E-state index in [2.05, 4.69) is 27.3 Å². The summed E-state index contributed by atoms with van der Waals surface area (Å²) in [7, 11) is 1.77. The largest absolute Gasteiger partial charge is 0.372 e. The third kappa shape index (κ3) is 4.25. The third-order valence-electron chi connectivity index (χ3n) is 4.31. The highest BCUT2D eigenvalue weighted by Crippen LogP contribution is 2.22. The summed E-state index contributed by atoms with van der Waals surface area (Å²) in [6.07, 6.45) is 5.58. The van der Waals surface area contributed by atoms with Crippen molar-refractivity contribution in [1.82, 2.24) is 9.88 Å². The van der Waals surface area contributed by atoms with Crippen LogP contribution >= 0.6 is 0 Å². The summed E-state index contributed by atoms with van der Waals surface area (Å²) in [6.45, 7) is 2.73. The summed E-state index contributed by atoms with van der Waals surface area (Å²) in [5.74, 6) is 0. The van der Waals surface area contributed by atoms with E-state index in [1.165, 1.54) is 24.9 Å². The first kappa shape index (κ1) is 16.3. The number of piperidine rings is 1. The van der Waals surface area contributed by atoms with Crippen LogP contribution in [0.5, 0.6) is 0 Å². The monoisotopic (exact) mass is 324 g/mol. The van der Waals surface area contributed by atoms with Crippen LogP contribution in [0.4, 0.5) is 16.2 Å². The van der Waals surface area contributed by atoms with E-state index in [0.29, 0.717) is 6.54 Å². The summed E-state index contributed by atoms with van der Waals surface area (Å²) in [6, 6.07) is 13.7. The van der Waals surface area contributed by atoms with Gasteiger partial charge in [0.05, 0.1) is 12.2 Å². The minimum Gasteiger partial charge on any atom is -0.372 e. The van der Waals surface area contributed by atoms with Crippen molar-refractivity contribution in [3.63, 3.8) is 0 Å². The standard InChI is InChI=1S/C19H24N4O/c1-22(15-17-7-3-4-12-20-17)19(24)21-16-8-10-18(11-9-16)23-13-5-2-6-14-23/h3-4,7-12H,2,5-6,13-15H2,1H3,(H,21,24). The van der Waals surface area contributed by atoms with Crippen molar-refractivity contribution in [3.05, 3.63) is 54.4 Å². The molecule has 2 aromatic rings. The van der Waals surface area contributed by atoms with Gasteiger partial charge in [0.15, 0.2) is 0 Å². The molecule has 1 saturated heterocycles. The summed E-state index contributed by atoms with van der Waals surface area (Å²) in [5, 5.41) is 2.93. The highest BCUT2D eigenvalue weighted by molar-refractivity contribution is 5.89. The van der Waals surface area contributed by atoms with Crippen molar-refractivity contribution in [2.24, 2.45) is 0 Å². The molecule has 5 heteroatoms. The first-order chi connectivity index (χ1) is 11.7. The summed E-state index contributed by atoms with van der Waals surface area (Å²) < 4.78 is 0. The zero-order chi connectivity index (χ0) is 16.8. The molecule has 0 unspecified atom stereocenters. The molecule has 0 spiro atoms. The zero-order valence-electron chi connectivity index (χ0n) is 14.1. The van der Waals surface area contributed by atoms with E-state index in [1.54, 1.807) is 18.1 Å². The Morgan fingerprint density at radius 3 is 2.54 bits per heavy atom. The molecule has 126 valence electrons. The molecular formula is C19H24N4O. The van der Waals surface area contributed by atoms with Gasteiger partial charge in [-0.15, -0.1) is 0 Å². The van der Waals surface area contributed by atoms with E-state index in [1.807, 2.05) is 30.3 Å². The molecule has 1 aromatic carbocycles. The molecule has 1 aliphatic heterocycles. The quantitative estimate of drug-likeness (QED) is 0.932. The fraction of sp³-hybridized carbons (Fsp3) is 0.368. The van der Waals surface area contributed by atoms with Crippen LogP contribution in [0.15, 0.2) is 48.7 Å². The average molecular weight is 324 g/mol. The molecule has 0 bridgehead atoms. The smallest absolute Gasteiger partial charge is 0.321 e. The number of nitrogens with zero attached hydrogens (tertiary/aromatic N) is 3. The maximum Gasteiger partial charge on any atom is 0.321 e. The lowest BCUT2D eigenvalue weighted by Crippen LogP contribution is -2.31. The second-order valence-electron chi connectivity index (χ2n) is 6.20. The minimum atomic E-state index is -0.133. The highest BCUT2D eigenvalue weighted by atomic mass is 16.2. The van der Waals surface area contributed by atoms with Gasteiger partial charge in [0.25, 0.3) is 0 Å². The Morgan fingerprint density at radius 2 is 1.88 bits per heavy atom. The number of carbonyl (C=O) groups excluding carboxylic acids is 1. The maximum atomic E-state index is 12.3. The fourth-order valence-electron chi connectivity index (χ4n) is 2.93. The molecule has 0 saturated carbocycles. The second-order valence-corrected chi connectivity index (χ2v) is 6.20. The van der Waals surface area contributed by atoms with Crippen molar-refractivity contribution in [3.8, 4) is 0 Å². The number of hydrogen-bond acceptors (Lipinski definition) is 3. The first-order valence-corrected chi connectivity index (χ1v) is 8.49. The normalized spacial score (nSPS) is 14.3. The van der Waals surface area contributed by atoms with Crippen molar-refractivity contribution in [1.29, 1.82) is 0 Å². The van der Waals surface area contributed by atoms with E-state index in [-0.39, 0.29) is 6.03 Å². The number of benzene rings is 1. The Bertz CT molecular complexity index is 651. The molecule has 1 fully saturated rings. The van der Waals surface area contributed by atoms with Crippen LogP contribution in [0.3, 0.4) is 0 Å². The summed E-state index contributed by atoms with van der Waals surface area (Å²) >= 11 is 0. The van der Waals surface area contributed by atoms with Gasteiger partial charge in [0, 0.05) is 37.7 Å². The number of amides is 2. The van der Waals surface area contributed by atoms with E-state index in [9.17, 15) is 4.79 Å². The molecule has 1 aromatic heterocycles. The fourth-order valence-corrected chi connectivity index (χ4v) is 2.93. The van der Waals surface area contributed by atoms with Gasteiger partial charge in [-0.25, -0.2) is 4.79 Å².